The first-order chi connectivity index (χ1) is 15.3. The number of sulfonamides is 1. The average Bonchev–Trinajstić information content (AvgIpc) is 3.01. The molecule has 7 nitrogen and oxygen atoms in total. The zero-order valence-corrected chi connectivity index (χ0v) is 18.4. The minimum atomic E-state index is -4.12. The molecule has 1 aromatic heterocycles. The van der Waals surface area contributed by atoms with Gasteiger partial charge in [-0.1, -0.05) is 11.6 Å². The van der Waals surface area contributed by atoms with E-state index in [0.717, 1.165) is 12.1 Å². The Bertz CT molecular complexity index is 1300. The van der Waals surface area contributed by atoms with Gasteiger partial charge in [-0.25, -0.2) is 17.2 Å². The molecular formula is C21H19ClF2N4O3S. The third kappa shape index (κ3) is 4.52. The van der Waals surface area contributed by atoms with E-state index < -0.39 is 26.6 Å². The van der Waals surface area contributed by atoms with Gasteiger partial charge in [-0.3, -0.25) is 4.79 Å². The number of benzene rings is 2. The molecule has 0 aliphatic carbocycles. The van der Waals surface area contributed by atoms with Crippen LogP contribution in [0.15, 0.2) is 64.3 Å². The van der Waals surface area contributed by atoms with Gasteiger partial charge in [-0.15, -0.1) is 5.10 Å². The lowest BCUT2D eigenvalue weighted by Gasteiger charge is -2.23. The van der Waals surface area contributed by atoms with Crippen LogP contribution in [-0.4, -0.2) is 48.7 Å². The summed E-state index contributed by atoms with van der Waals surface area (Å²) in [5.74, 6) is -1.46. The van der Waals surface area contributed by atoms with Crippen molar-refractivity contribution in [3.8, 4) is 5.69 Å². The minimum Gasteiger partial charge on any atom is -0.354 e. The third-order valence-electron chi connectivity index (χ3n) is 5.15. The Morgan fingerprint density at radius 3 is 2.38 bits per heavy atom. The number of aromatic nitrogens is 2. The molecule has 0 unspecified atom stereocenters. The predicted octanol–water partition coefficient (Wildman–Crippen LogP) is 3.07. The maximum atomic E-state index is 14.1. The Kier molecular flexibility index (Phi) is 6.27. The van der Waals surface area contributed by atoms with E-state index in [2.05, 4.69) is 5.10 Å². The quantitative estimate of drug-likeness (QED) is 0.573. The zero-order valence-electron chi connectivity index (χ0n) is 16.8. The molecule has 32 heavy (non-hydrogen) atoms. The highest BCUT2D eigenvalue weighted by atomic mass is 35.5. The summed E-state index contributed by atoms with van der Waals surface area (Å²) < 4.78 is 55.5. The molecule has 1 aliphatic heterocycles. The van der Waals surface area contributed by atoms with Gasteiger partial charge in [0.25, 0.3) is 5.56 Å². The number of halogens is 3. The van der Waals surface area contributed by atoms with Crippen molar-refractivity contribution in [2.75, 3.05) is 31.1 Å². The molecule has 168 valence electrons. The van der Waals surface area contributed by atoms with E-state index in [4.69, 9.17) is 11.6 Å². The van der Waals surface area contributed by atoms with Crippen LogP contribution in [0.25, 0.3) is 5.69 Å². The van der Waals surface area contributed by atoms with E-state index in [0.29, 0.717) is 35.6 Å². The van der Waals surface area contributed by atoms with Gasteiger partial charge >= 0.3 is 0 Å². The van der Waals surface area contributed by atoms with Gasteiger partial charge in [0.05, 0.1) is 5.69 Å². The van der Waals surface area contributed by atoms with Crippen molar-refractivity contribution in [1.82, 2.24) is 14.1 Å². The van der Waals surface area contributed by atoms with Gasteiger partial charge in [-0.05, 0) is 48.9 Å². The van der Waals surface area contributed by atoms with Crippen molar-refractivity contribution >= 4 is 27.4 Å². The van der Waals surface area contributed by atoms with E-state index in [-0.39, 0.29) is 25.2 Å². The summed E-state index contributed by atoms with van der Waals surface area (Å²) in [6.07, 6.45) is 0.462. The highest BCUT2D eigenvalue weighted by molar-refractivity contribution is 7.89. The largest absolute Gasteiger partial charge is 0.354 e. The molecule has 3 aromatic rings. The Morgan fingerprint density at radius 1 is 0.906 bits per heavy atom. The lowest BCUT2D eigenvalue weighted by Crippen LogP contribution is -2.36. The number of anilines is 1. The molecule has 1 saturated heterocycles. The molecule has 0 saturated carbocycles. The van der Waals surface area contributed by atoms with Crippen LogP contribution < -0.4 is 10.5 Å². The fourth-order valence-corrected chi connectivity index (χ4v) is 5.17. The SMILES string of the molecule is O=c1ccc(N2CCCN(S(=O)(=O)c3ccc(F)cc3F)CC2)nn1-c1ccc(Cl)cc1. The first-order valence-corrected chi connectivity index (χ1v) is 11.6. The van der Waals surface area contributed by atoms with Crippen LogP contribution in [0.2, 0.25) is 5.02 Å². The van der Waals surface area contributed by atoms with E-state index in [9.17, 15) is 22.0 Å². The summed E-state index contributed by atoms with van der Waals surface area (Å²) in [4.78, 5) is 13.6. The topological polar surface area (TPSA) is 75.5 Å². The van der Waals surface area contributed by atoms with Crippen LogP contribution in [0.5, 0.6) is 0 Å². The summed E-state index contributed by atoms with van der Waals surface area (Å²) in [6.45, 7) is 1.03. The lowest BCUT2D eigenvalue weighted by atomic mass is 10.3. The molecule has 11 heteroatoms. The standard InChI is InChI=1S/C21H19ClF2N4O3S/c22-15-2-5-17(6-3-15)28-21(29)9-8-20(25-28)26-10-1-11-27(13-12-26)32(30,31)19-7-4-16(23)14-18(19)24/h2-9,14H,1,10-13H2. The van der Waals surface area contributed by atoms with Crippen molar-refractivity contribution in [1.29, 1.82) is 0 Å². The fraction of sp³-hybridized carbons (Fsp3) is 0.238. The zero-order chi connectivity index (χ0) is 22.9. The molecular weight excluding hydrogens is 462 g/mol. The van der Waals surface area contributed by atoms with Crippen LogP contribution in [0, 0.1) is 11.6 Å². The molecule has 0 bridgehead atoms. The van der Waals surface area contributed by atoms with Crippen LogP contribution in [-0.2, 0) is 10.0 Å². The van der Waals surface area contributed by atoms with Crippen LogP contribution in [0.4, 0.5) is 14.6 Å². The molecule has 1 fully saturated rings. The molecule has 0 spiro atoms. The molecule has 0 atom stereocenters. The molecule has 2 aromatic carbocycles. The Hall–Kier alpha value is -2.82. The summed E-state index contributed by atoms with van der Waals surface area (Å²) in [5.41, 5.74) is 0.231. The fourth-order valence-electron chi connectivity index (χ4n) is 3.52. The minimum absolute atomic E-state index is 0.0842. The molecule has 2 heterocycles. The first kappa shape index (κ1) is 22.4. The Balaban J connectivity index is 1.57. The average molecular weight is 481 g/mol. The maximum Gasteiger partial charge on any atom is 0.271 e. The first-order valence-electron chi connectivity index (χ1n) is 9.82. The van der Waals surface area contributed by atoms with Gasteiger partial charge in [0.2, 0.25) is 10.0 Å². The summed E-state index contributed by atoms with van der Waals surface area (Å²) in [6, 6.07) is 12.0. The normalized spacial score (nSPS) is 15.5. The van der Waals surface area contributed by atoms with Gasteiger partial charge in [0.1, 0.15) is 22.3 Å². The van der Waals surface area contributed by atoms with Crippen LogP contribution in [0.1, 0.15) is 6.42 Å². The number of nitrogens with zero attached hydrogens (tertiary/aromatic N) is 4. The molecule has 0 amide bonds. The van der Waals surface area contributed by atoms with Gasteiger partial charge in [0.15, 0.2) is 0 Å². The van der Waals surface area contributed by atoms with Gasteiger partial charge in [-0.2, -0.15) is 8.99 Å². The monoisotopic (exact) mass is 480 g/mol. The second kappa shape index (κ2) is 8.97. The predicted molar refractivity (Wildman–Crippen MR) is 117 cm³/mol. The molecule has 4 rings (SSSR count). The van der Waals surface area contributed by atoms with Crippen molar-refractivity contribution in [3.63, 3.8) is 0 Å². The van der Waals surface area contributed by atoms with E-state index in [1.165, 1.54) is 15.1 Å². The number of hydrogen-bond donors (Lipinski definition) is 0. The van der Waals surface area contributed by atoms with Crippen molar-refractivity contribution in [3.05, 3.63) is 81.6 Å². The number of hydrogen-bond acceptors (Lipinski definition) is 5. The van der Waals surface area contributed by atoms with E-state index in [1.54, 1.807) is 30.3 Å². The molecule has 0 N–H and O–H groups in total. The van der Waals surface area contributed by atoms with Crippen molar-refractivity contribution in [2.45, 2.75) is 11.3 Å². The second-order valence-electron chi connectivity index (χ2n) is 7.24. The van der Waals surface area contributed by atoms with E-state index in [1.807, 2.05) is 4.90 Å². The molecule has 0 radical (unpaired) electrons. The highest BCUT2D eigenvalue weighted by Crippen LogP contribution is 2.23. The van der Waals surface area contributed by atoms with Crippen molar-refractivity contribution in [2.24, 2.45) is 0 Å². The Labute approximate surface area is 188 Å². The van der Waals surface area contributed by atoms with Crippen LogP contribution in [0.3, 0.4) is 0 Å². The lowest BCUT2D eigenvalue weighted by molar-refractivity contribution is 0.428. The number of rotatable bonds is 4. The van der Waals surface area contributed by atoms with Crippen molar-refractivity contribution < 1.29 is 17.2 Å². The van der Waals surface area contributed by atoms with E-state index >= 15 is 0 Å². The summed E-state index contributed by atoms with van der Waals surface area (Å²) in [7, 11) is -4.12. The second-order valence-corrected chi connectivity index (χ2v) is 9.58. The third-order valence-corrected chi connectivity index (χ3v) is 7.33. The summed E-state index contributed by atoms with van der Waals surface area (Å²) in [5, 5.41) is 4.96. The van der Waals surface area contributed by atoms with Gasteiger partial charge in [0, 0.05) is 43.3 Å². The van der Waals surface area contributed by atoms with Crippen LogP contribution >= 0.6 is 11.6 Å². The molecule has 1 aliphatic rings. The van der Waals surface area contributed by atoms with Gasteiger partial charge < -0.3 is 4.90 Å². The Morgan fingerprint density at radius 2 is 1.66 bits per heavy atom. The highest BCUT2D eigenvalue weighted by Gasteiger charge is 2.30. The summed E-state index contributed by atoms with van der Waals surface area (Å²) >= 11 is 5.91. The smallest absolute Gasteiger partial charge is 0.271 e. The maximum absolute atomic E-state index is 14.1.